The van der Waals surface area contributed by atoms with Crippen LogP contribution in [-0.2, 0) is 9.53 Å². The van der Waals surface area contributed by atoms with E-state index in [0.717, 1.165) is 22.5 Å². The Morgan fingerprint density at radius 3 is 2.83 bits per heavy atom. The molecule has 0 saturated carbocycles. The Kier molecular flexibility index (Phi) is 5.70. The highest BCUT2D eigenvalue weighted by atomic mass is 32.1. The second kappa shape index (κ2) is 7.73. The fraction of sp³-hybridized carbons (Fsp3) is 0.312. The minimum atomic E-state index is -0.504. The number of esters is 1. The first-order valence-corrected chi connectivity index (χ1v) is 8.00. The fourth-order valence-corrected chi connectivity index (χ4v) is 2.49. The van der Waals surface area contributed by atoms with Gasteiger partial charge in [-0.25, -0.2) is 9.78 Å². The molecular weight excluding hydrogens is 316 g/mol. The second-order valence-corrected chi connectivity index (χ2v) is 5.72. The molecule has 0 fully saturated rings. The summed E-state index contributed by atoms with van der Waals surface area (Å²) >= 11 is 1.16. The summed E-state index contributed by atoms with van der Waals surface area (Å²) in [7, 11) is 0. The number of ether oxygens (including phenoxy) is 2. The summed E-state index contributed by atoms with van der Waals surface area (Å²) in [6.07, 6.45) is 0. The zero-order valence-electron chi connectivity index (χ0n) is 13.2. The summed E-state index contributed by atoms with van der Waals surface area (Å²) in [5.74, 6) is -0.168. The Morgan fingerprint density at radius 2 is 2.09 bits per heavy atom. The number of carbonyl (C=O) groups excluding carboxylic acids is 2. The van der Waals surface area contributed by atoms with Gasteiger partial charge in [0, 0.05) is 5.38 Å². The van der Waals surface area contributed by atoms with E-state index < -0.39 is 5.97 Å². The number of anilines is 1. The molecule has 2 rings (SSSR count). The predicted molar refractivity (Wildman–Crippen MR) is 88.1 cm³/mol. The fourth-order valence-electron chi connectivity index (χ4n) is 1.79. The van der Waals surface area contributed by atoms with Gasteiger partial charge < -0.3 is 9.47 Å². The average Bonchev–Trinajstić information content (AvgIpc) is 2.97. The number of nitrogens with one attached hydrogen (secondary N) is 1. The van der Waals surface area contributed by atoms with E-state index in [1.165, 1.54) is 0 Å². The van der Waals surface area contributed by atoms with E-state index in [2.05, 4.69) is 10.3 Å². The minimum absolute atomic E-state index is 0.126. The topological polar surface area (TPSA) is 77.5 Å². The molecule has 0 unspecified atom stereocenters. The number of amides is 1. The Labute approximate surface area is 138 Å². The molecule has 0 atom stereocenters. The lowest BCUT2D eigenvalue weighted by Gasteiger charge is -2.09. The van der Waals surface area contributed by atoms with Crippen LogP contribution in [0.15, 0.2) is 23.6 Å². The maximum absolute atomic E-state index is 11.9. The van der Waals surface area contributed by atoms with Crippen LogP contribution >= 0.6 is 11.3 Å². The number of rotatable bonds is 6. The molecule has 2 aromatic rings. The summed E-state index contributed by atoms with van der Waals surface area (Å²) in [6.45, 7) is 5.75. The monoisotopic (exact) mass is 334 g/mol. The number of hydrogen-bond acceptors (Lipinski definition) is 6. The lowest BCUT2D eigenvalue weighted by atomic mass is 10.1. The molecule has 1 aromatic carbocycles. The molecule has 6 nitrogen and oxygen atoms in total. The number of carbonyl (C=O) groups is 2. The van der Waals surface area contributed by atoms with Crippen molar-refractivity contribution >= 4 is 28.3 Å². The number of hydrogen-bond donors (Lipinski definition) is 1. The molecule has 0 bridgehead atoms. The first-order valence-electron chi connectivity index (χ1n) is 7.12. The summed E-state index contributed by atoms with van der Waals surface area (Å²) < 4.78 is 10.4. The Balaban J connectivity index is 1.90. The van der Waals surface area contributed by atoms with Crippen LogP contribution in [0.25, 0.3) is 0 Å². The molecule has 0 aliphatic heterocycles. The van der Waals surface area contributed by atoms with E-state index in [4.69, 9.17) is 9.47 Å². The molecule has 1 aromatic heterocycles. The molecule has 1 amide bonds. The van der Waals surface area contributed by atoms with Crippen molar-refractivity contribution in [1.29, 1.82) is 0 Å². The number of aryl methyl sites for hydroxylation is 2. The Hall–Kier alpha value is -2.41. The smallest absolute Gasteiger partial charge is 0.357 e. The zero-order valence-corrected chi connectivity index (χ0v) is 14.0. The van der Waals surface area contributed by atoms with Gasteiger partial charge in [0.1, 0.15) is 5.75 Å². The van der Waals surface area contributed by atoms with Crippen molar-refractivity contribution in [3.05, 3.63) is 40.4 Å². The Morgan fingerprint density at radius 1 is 1.30 bits per heavy atom. The van der Waals surface area contributed by atoms with Gasteiger partial charge in [0.05, 0.1) is 6.61 Å². The second-order valence-electron chi connectivity index (χ2n) is 4.86. The highest BCUT2D eigenvalue weighted by Crippen LogP contribution is 2.19. The van der Waals surface area contributed by atoms with Crippen LogP contribution in [0.3, 0.4) is 0 Å². The van der Waals surface area contributed by atoms with Crippen LogP contribution < -0.4 is 10.1 Å². The first-order chi connectivity index (χ1) is 11.0. The molecule has 0 aliphatic carbocycles. The molecule has 0 radical (unpaired) electrons. The van der Waals surface area contributed by atoms with Gasteiger partial charge in [0.15, 0.2) is 17.4 Å². The van der Waals surface area contributed by atoms with Crippen molar-refractivity contribution in [2.45, 2.75) is 20.8 Å². The van der Waals surface area contributed by atoms with Crippen LogP contribution in [-0.4, -0.2) is 30.1 Å². The van der Waals surface area contributed by atoms with E-state index in [0.29, 0.717) is 10.9 Å². The van der Waals surface area contributed by atoms with Crippen LogP contribution in [0, 0.1) is 13.8 Å². The maximum atomic E-state index is 11.9. The van der Waals surface area contributed by atoms with Gasteiger partial charge in [-0.15, -0.1) is 11.3 Å². The van der Waals surface area contributed by atoms with E-state index in [-0.39, 0.29) is 24.8 Å². The third-order valence-corrected chi connectivity index (χ3v) is 3.70. The van der Waals surface area contributed by atoms with Crippen molar-refractivity contribution in [3.63, 3.8) is 0 Å². The third kappa shape index (κ3) is 4.79. The predicted octanol–water partition coefficient (Wildman–Crippen LogP) is 2.95. The van der Waals surface area contributed by atoms with Gasteiger partial charge in [0.25, 0.3) is 5.91 Å². The molecule has 7 heteroatoms. The first kappa shape index (κ1) is 17.0. The quantitative estimate of drug-likeness (QED) is 0.822. The lowest BCUT2D eigenvalue weighted by Crippen LogP contribution is -2.20. The van der Waals surface area contributed by atoms with E-state index in [1.807, 2.05) is 32.0 Å². The van der Waals surface area contributed by atoms with Gasteiger partial charge in [-0.05, 0) is 38.0 Å². The molecule has 0 saturated heterocycles. The third-order valence-electron chi connectivity index (χ3n) is 2.94. The van der Waals surface area contributed by atoms with Crippen LogP contribution in [0.1, 0.15) is 28.5 Å². The summed E-state index contributed by atoms with van der Waals surface area (Å²) in [5.41, 5.74) is 2.20. The Bertz CT molecular complexity index is 712. The normalized spacial score (nSPS) is 10.2. The van der Waals surface area contributed by atoms with Crippen molar-refractivity contribution in [1.82, 2.24) is 4.98 Å². The lowest BCUT2D eigenvalue weighted by molar-refractivity contribution is -0.118. The molecule has 1 N–H and O–H groups in total. The molecule has 0 aliphatic rings. The maximum Gasteiger partial charge on any atom is 0.357 e. The van der Waals surface area contributed by atoms with Gasteiger partial charge in [0.2, 0.25) is 0 Å². The van der Waals surface area contributed by atoms with Crippen molar-refractivity contribution < 1.29 is 19.1 Å². The highest BCUT2D eigenvalue weighted by molar-refractivity contribution is 7.14. The van der Waals surface area contributed by atoms with Crippen molar-refractivity contribution in [2.24, 2.45) is 0 Å². The number of thiazole rings is 1. The van der Waals surface area contributed by atoms with Crippen LogP contribution in [0.4, 0.5) is 5.13 Å². The van der Waals surface area contributed by atoms with Gasteiger partial charge in [-0.1, -0.05) is 12.1 Å². The van der Waals surface area contributed by atoms with Crippen LogP contribution in [0.5, 0.6) is 5.75 Å². The average molecular weight is 334 g/mol. The molecule has 23 heavy (non-hydrogen) atoms. The summed E-state index contributed by atoms with van der Waals surface area (Å²) in [6, 6.07) is 5.80. The van der Waals surface area contributed by atoms with E-state index >= 15 is 0 Å². The number of nitrogens with zero attached hydrogens (tertiary/aromatic N) is 1. The zero-order chi connectivity index (χ0) is 16.8. The number of aromatic nitrogens is 1. The summed E-state index contributed by atoms with van der Waals surface area (Å²) in [4.78, 5) is 27.4. The molecule has 0 spiro atoms. The highest BCUT2D eigenvalue weighted by Gasteiger charge is 2.13. The van der Waals surface area contributed by atoms with Crippen molar-refractivity contribution in [3.8, 4) is 5.75 Å². The number of benzene rings is 1. The molecule has 122 valence electrons. The van der Waals surface area contributed by atoms with Gasteiger partial charge in [-0.2, -0.15) is 0 Å². The van der Waals surface area contributed by atoms with E-state index in [1.54, 1.807) is 12.3 Å². The largest absolute Gasteiger partial charge is 0.483 e. The van der Waals surface area contributed by atoms with E-state index in [9.17, 15) is 9.59 Å². The molecular formula is C16H18N2O4S. The van der Waals surface area contributed by atoms with Gasteiger partial charge >= 0.3 is 5.97 Å². The molecule has 1 heterocycles. The van der Waals surface area contributed by atoms with Gasteiger partial charge in [-0.3, -0.25) is 10.1 Å². The SMILES string of the molecule is CCOC(=O)c1csc(NC(=O)COc2cc(C)ccc2C)n1. The van der Waals surface area contributed by atoms with Crippen molar-refractivity contribution in [2.75, 3.05) is 18.5 Å². The standard InChI is InChI=1S/C16H18N2O4S/c1-4-21-15(20)12-9-23-16(17-12)18-14(19)8-22-13-7-10(2)5-6-11(13)3/h5-7,9H,4,8H2,1-3H3,(H,17,18,19). The minimum Gasteiger partial charge on any atom is -0.483 e. The summed E-state index contributed by atoms with van der Waals surface area (Å²) in [5, 5.41) is 4.48. The van der Waals surface area contributed by atoms with Crippen LogP contribution in [0.2, 0.25) is 0 Å².